The van der Waals surface area contributed by atoms with E-state index >= 15 is 0 Å². The van der Waals surface area contributed by atoms with E-state index in [1.54, 1.807) is 21.8 Å². The Morgan fingerprint density at radius 2 is 2.18 bits per heavy atom. The zero-order valence-electron chi connectivity index (χ0n) is 9.23. The second-order valence-corrected chi connectivity index (χ2v) is 3.64. The molecule has 7 heteroatoms. The summed E-state index contributed by atoms with van der Waals surface area (Å²) >= 11 is 0. The third kappa shape index (κ3) is 3.40. The third-order valence-corrected chi connectivity index (χ3v) is 2.30. The second-order valence-electron chi connectivity index (χ2n) is 3.64. The van der Waals surface area contributed by atoms with Crippen molar-refractivity contribution in [2.24, 2.45) is 0 Å². The number of carbonyl (C=O) groups is 1. The number of nitrogens with zero attached hydrogens (tertiary/aromatic N) is 5. The zero-order chi connectivity index (χ0) is 12.1. The maximum absolute atomic E-state index is 10.4. The minimum atomic E-state index is -0.823. The topological polar surface area (TPSA) is 85.8 Å². The van der Waals surface area contributed by atoms with Gasteiger partial charge in [0.05, 0.1) is 25.2 Å². The molecule has 7 nitrogen and oxygen atoms in total. The van der Waals surface area contributed by atoms with Gasteiger partial charge in [-0.3, -0.25) is 14.2 Å². The van der Waals surface area contributed by atoms with Crippen LogP contribution in [0.5, 0.6) is 0 Å². The molecule has 0 bridgehead atoms. The predicted octanol–water partition coefficient (Wildman–Crippen LogP) is 0.192. The van der Waals surface area contributed by atoms with Gasteiger partial charge in [0.25, 0.3) is 0 Å². The van der Waals surface area contributed by atoms with Gasteiger partial charge in [-0.1, -0.05) is 5.21 Å². The van der Waals surface area contributed by atoms with E-state index < -0.39 is 5.97 Å². The first-order chi connectivity index (χ1) is 8.24. The molecule has 90 valence electrons. The van der Waals surface area contributed by atoms with Crippen LogP contribution in [-0.2, 0) is 24.3 Å². The zero-order valence-corrected chi connectivity index (χ0v) is 9.23. The Morgan fingerprint density at radius 3 is 2.88 bits per heavy atom. The van der Waals surface area contributed by atoms with Crippen LogP contribution in [0.15, 0.2) is 24.7 Å². The second kappa shape index (κ2) is 5.24. The van der Waals surface area contributed by atoms with Gasteiger partial charge in [0.15, 0.2) is 0 Å². The van der Waals surface area contributed by atoms with E-state index in [9.17, 15) is 4.79 Å². The van der Waals surface area contributed by atoms with Crippen LogP contribution in [0.1, 0.15) is 12.1 Å². The van der Waals surface area contributed by atoms with Gasteiger partial charge in [0, 0.05) is 25.0 Å². The summed E-state index contributed by atoms with van der Waals surface area (Å²) in [6.45, 7) is 1.39. The summed E-state index contributed by atoms with van der Waals surface area (Å²) in [6.07, 6.45) is 5.86. The fourth-order valence-electron chi connectivity index (χ4n) is 1.44. The van der Waals surface area contributed by atoms with Gasteiger partial charge in [-0.25, -0.2) is 0 Å². The Labute approximate surface area is 97.7 Å². The maximum Gasteiger partial charge on any atom is 0.303 e. The van der Waals surface area contributed by atoms with Gasteiger partial charge in [-0.05, 0) is 6.07 Å². The monoisotopic (exact) mass is 235 g/mol. The molecule has 0 aliphatic rings. The van der Waals surface area contributed by atoms with Crippen LogP contribution in [0.3, 0.4) is 0 Å². The van der Waals surface area contributed by atoms with Crippen molar-refractivity contribution in [1.29, 1.82) is 0 Å². The number of aryl methyl sites for hydroxylation is 3. The van der Waals surface area contributed by atoms with Crippen LogP contribution in [0.4, 0.5) is 0 Å². The standard InChI is InChI=1S/C10H13N5O2/c16-10(17)3-2-9-8-15(13-12-9)7-6-14-5-1-4-11-14/h1,4-5,8H,2-3,6-7H2,(H,16,17). The molecule has 0 amide bonds. The molecule has 0 aliphatic heterocycles. The molecule has 2 aromatic heterocycles. The summed E-state index contributed by atoms with van der Waals surface area (Å²) in [7, 11) is 0. The predicted molar refractivity (Wildman–Crippen MR) is 58.2 cm³/mol. The molecular weight excluding hydrogens is 222 g/mol. The summed E-state index contributed by atoms with van der Waals surface area (Å²) in [5, 5.41) is 20.5. The highest BCUT2D eigenvalue weighted by molar-refractivity contribution is 5.66. The summed E-state index contributed by atoms with van der Waals surface area (Å²) in [5.41, 5.74) is 0.702. The van der Waals surface area contributed by atoms with E-state index in [4.69, 9.17) is 5.11 Å². The number of hydrogen-bond donors (Lipinski definition) is 1. The summed E-state index contributed by atoms with van der Waals surface area (Å²) in [5.74, 6) is -0.823. The maximum atomic E-state index is 10.4. The number of aromatic nitrogens is 5. The minimum Gasteiger partial charge on any atom is -0.481 e. The number of carboxylic acids is 1. The largest absolute Gasteiger partial charge is 0.481 e. The van der Waals surface area contributed by atoms with Crippen molar-refractivity contribution in [3.8, 4) is 0 Å². The van der Waals surface area contributed by atoms with Crippen LogP contribution >= 0.6 is 0 Å². The molecule has 0 radical (unpaired) electrons. The molecule has 1 N–H and O–H groups in total. The van der Waals surface area contributed by atoms with Crippen LogP contribution in [-0.4, -0.2) is 35.9 Å². The molecule has 0 aliphatic carbocycles. The van der Waals surface area contributed by atoms with E-state index in [1.165, 1.54) is 0 Å². The average molecular weight is 235 g/mol. The molecule has 0 saturated carbocycles. The number of hydrogen-bond acceptors (Lipinski definition) is 4. The lowest BCUT2D eigenvalue weighted by Crippen LogP contribution is -2.08. The van der Waals surface area contributed by atoms with Gasteiger partial charge >= 0.3 is 5.97 Å². The van der Waals surface area contributed by atoms with Crippen LogP contribution in [0.25, 0.3) is 0 Å². The molecule has 2 rings (SSSR count). The van der Waals surface area contributed by atoms with Crippen molar-refractivity contribution in [2.75, 3.05) is 0 Å². The van der Waals surface area contributed by atoms with Gasteiger partial charge in [-0.2, -0.15) is 5.10 Å². The molecule has 0 unspecified atom stereocenters. The van der Waals surface area contributed by atoms with Gasteiger partial charge in [0.2, 0.25) is 0 Å². The molecule has 0 atom stereocenters. The van der Waals surface area contributed by atoms with Crippen molar-refractivity contribution in [2.45, 2.75) is 25.9 Å². The van der Waals surface area contributed by atoms with Crippen molar-refractivity contribution in [1.82, 2.24) is 24.8 Å². The SMILES string of the molecule is O=C(O)CCc1cn(CCn2cccn2)nn1. The molecule has 2 heterocycles. The molecule has 0 aromatic carbocycles. The quantitative estimate of drug-likeness (QED) is 0.772. The summed E-state index contributed by atoms with van der Waals surface area (Å²) in [6, 6.07) is 1.86. The Balaban J connectivity index is 1.83. The Bertz CT molecular complexity index is 477. The molecule has 0 saturated heterocycles. The number of aliphatic carboxylic acids is 1. The van der Waals surface area contributed by atoms with Crippen LogP contribution < -0.4 is 0 Å². The Morgan fingerprint density at radius 1 is 1.35 bits per heavy atom. The van der Waals surface area contributed by atoms with E-state index in [0.29, 0.717) is 25.2 Å². The molecule has 2 aromatic rings. The highest BCUT2D eigenvalue weighted by atomic mass is 16.4. The van der Waals surface area contributed by atoms with Crippen LogP contribution in [0.2, 0.25) is 0 Å². The lowest BCUT2D eigenvalue weighted by Gasteiger charge is -2.00. The highest BCUT2D eigenvalue weighted by Crippen LogP contribution is 1.98. The fraction of sp³-hybridized carbons (Fsp3) is 0.400. The Hall–Kier alpha value is -2.18. The molecule has 0 spiro atoms. The highest BCUT2D eigenvalue weighted by Gasteiger charge is 2.04. The fourth-order valence-corrected chi connectivity index (χ4v) is 1.44. The minimum absolute atomic E-state index is 0.0812. The first-order valence-electron chi connectivity index (χ1n) is 5.32. The lowest BCUT2D eigenvalue weighted by atomic mass is 10.2. The van der Waals surface area contributed by atoms with Crippen molar-refractivity contribution in [3.05, 3.63) is 30.4 Å². The third-order valence-electron chi connectivity index (χ3n) is 2.30. The first-order valence-corrected chi connectivity index (χ1v) is 5.32. The number of carboxylic acid groups (broad SMARTS) is 1. The molecule has 0 fully saturated rings. The van der Waals surface area contributed by atoms with Gasteiger partial charge < -0.3 is 5.11 Å². The van der Waals surface area contributed by atoms with Crippen LogP contribution in [0, 0.1) is 0 Å². The summed E-state index contributed by atoms with van der Waals surface area (Å²) < 4.78 is 3.50. The van der Waals surface area contributed by atoms with Gasteiger partial charge in [-0.15, -0.1) is 5.10 Å². The average Bonchev–Trinajstić information content (AvgIpc) is 2.95. The smallest absolute Gasteiger partial charge is 0.303 e. The molecule has 17 heavy (non-hydrogen) atoms. The molecular formula is C10H13N5O2. The van der Waals surface area contributed by atoms with Crippen molar-refractivity contribution >= 4 is 5.97 Å². The Kier molecular flexibility index (Phi) is 3.49. The van der Waals surface area contributed by atoms with Crippen molar-refractivity contribution < 1.29 is 9.90 Å². The van der Waals surface area contributed by atoms with E-state index in [2.05, 4.69) is 15.4 Å². The number of rotatable bonds is 6. The summed E-state index contributed by atoms with van der Waals surface area (Å²) in [4.78, 5) is 10.4. The van der Waals surface area contributed by atoms with E-state index in [-0.39, 0.29) is 6.42 Å². The van der Waals surface area contributed by atoms with Crippen molar-refractivity contribution in [3.63, 3.8) is 0 Å². The van der Waals surface area contributed by atoms with Gasteiger partial charge in [0.1, 0.15) is 0 Å². The van der Waals surface area contributed by atoms with E-state index in [1.807, 2.05) is 12.3 Å². The van der Waals surface area contributed by atoms with E-state index in [0.717, 1.165) is 0 Å². The normalized spacial score (nSPS) is 10.6. The first kappa shape index (κ1) is 11.3. The lowest BCUT2D eigenvalue weighted by molar-refractivity contribution is -0.136.